The lowest BCUT2D eigenvalue weighted by molar-refractivity contribution is 0.410. The smallest absolute Gasteiger partial charge is 0.130 e. The van der Waals surface area contributed by atoms with E-state index in [9.17, 15) is 0 Å². The van der Waals surface area contributed by atoms with E-state index in [1.165, 1.54) is 0 Å². The number of ether oxygens (including phenoxy) is 2. The second-order valence-electron chi connectivity index (χ2n) is 6.37. The molecule has 0 aliphatic carbocycles. The number of benzene rings is 4. The van der Waals surface area contributed by atoms with Gasteiger partial charge in [-0.2, -0.15) is 0 Å². The SMILES string of the molecule is COc1c(Cc2cc(Br)c3ccccc3c2OC)cc(Br)c2ccccc12. The van der Waals surface area contributed by atoms with Crippen LogP contribution in [0.5, 0.6) is 11.5 Å². The summed E-state index contributed by atoms with van der Waals surface area (Å²) in [7, 11) is 3.46. The average molecular weight is 486 g/mol. The molecular weight excluding hydrogens is 468 g/mol. The molecule has 0 saturated heterocycles. The molecule has 0 N–H and O–H groups in total. The van der Waals surface area contributed by atoms with E-state index in [4.69, 9.17) is 9.47 Å². The van der Waals surface area contributed by atoms with Crippen LogP contribution in [0, 0.1) is 0 Å². The van der Waals surface area contributed by atoms with Crippen molar-refractivity contribution in [2.24, 2.45) is 0 Å². The minimum absolute atomic E-state index is 0.708. The van der Waals surface area contributed by atoms with Crippen LogP contribution in [0.15, 0.2) is 69.6 Å². The van der Waals surface area contributed by atoms with Gasteiger partial charge in [0.25, 0.3) is 0 Å². The van der Waals surface area contributed by atoms with E-state index in [0.717, 1.165) is 53.1 Å². The summed E-state index contributed by atoms with van der Waals surface area (Å²) >= 11 is 7.44. The summed E-state index contributed by atoms with van der Waals surface area (Å²) in [6, 6.07) is 20.8. The highest BCUT2D eigenvalue weighted by Gasteiger charge is 2.16. The van der Waals surface area contributed by atoms with Crippen LogP contribution in [-0.2, 0) is 6.42 Å². The van der Waals surface area contributed by atoms with Crippen molar-refractivity contribution in [3.8, 4) is 11.5 Å². The maximum absolute atomic E-state index is 5.80. The van der Waals surface area contributed by atoms with Crippen molar-refractivity contribution in [3.63, 3.8) is 0 Å². The Bertz CT molecular complexity index is 1060. The van der Waals surface area contributed by atoms with E-state index < -0.39 is 0 Å². The minimum atomic E-state index is 0.708. The fraction of sp³-hybridized carbons (Fsp3) is 0.130. The molecule has 4 aromatic rings. The number of hydrogen-bond donors (Lipinski definition) is 0. The average Bonchev–Trinajstić information content (AvgIpc) is 2.69. The molecule has 0 aliphatic heterocycles. The van der Waals surface area contributed by atoms with Crippen LogP contribution in [0.2, 0.25) is 0 Å². The van der Waals surface area contributed by atoms with Crippen LogP contribution in [0.25, 0.3) is 21.5 Å². The second kappa shape index (κ2) is 7.53. The van der Waals surface area contributed by atoms with Crippen molar-refractivity contribution in [2.45, 2.75) is 6.42 Å². The molecule has 0 fully saturated rings. The van der Waals surface area contributed by atoms with Crippen LogP contribution in [0.4, 0.5) is 0 Å². The predicted molar refractivity (Wildman–Crippen MR) is 119 cm³/mol. The molecule has 0 heterocycles. The molecule has 0 unspecified atom stereocenters. The van der Waals surface area contributed by atoms with E-state index in [0.29, 0.717) is 6.42 Å². The molecule has 0 spiro atoms. The maximum atomic E-state index is 5.80. The summed E-state index contributed by atoms with van der Waals surface area (Å²) in [5, 5.41) is 4.49. The number of halogens is 2. The molecule has 4 heteroatoms. The highest BCUT2D eigenvalue weighted by atomic mass is 79.9. The van der Waals surface area contributed by atoms with E-state index in [2.05, 4.69) is 68.3 Å². The summed E-state index contributed by atoms with van der Waals surface area (Å²) in [6.07, 6.45) is 0.708. The lowest BCUT2D eigenvalue weighted by Crippen LogP contribution is -1.99. The summed E-state index contributed by atoms with van der Waals surface area (Å²) < 4.78 is 13.7. The van der Waals surface area contributed by atoms with Gasteiger partial charge in [-0.05, 0) is 22.9 Å². The third-order valence-corrected chi connectivity index (χ3v) is 6.14. The third kappa shape index (κ3) is 3.21. The standard InChI is InChI=1S/C23H18Br2O2/c1-26-22-14(12-20(24)16-7-3-5-9-18(16)22)11-15-13-21(25)17-8-4-6-10-19(17)23(15)27-2/h3-10,12-13H,11H2,1-2H3. The van der Waals surface area contributed by atoms with Gasteiger partial charge in [-0.15, -0.1) is 0 Å². The quantitative estimate of drug-likeness (QED) is 0.306. The Balaban J connectivity index is 1.92. The zero-order valence-electron chi connectivity index (χ0n) is 15.1. The van der Waals surface area contributed by atoms with Gasteiger partial charge in [-0.25, -0.2) is 0 Å². The highest BCUT2D eigenvalue weighted by Crippen LogP contribution is 2.40. The Morgan fingerprint density at radius 2 is 1.00 bits per heavy atom. The molecule has 4 aromatic carbocycles. The molecule has 0 atom stereocenters. The molecule has 2 nitrogen and oxygen atoms in total. The molecule has 0 amide bonds. The summed E-state index contributed by atoms with van der Waals surface area (Å²) in [6.45, 7) is 0. The van der Waals surface area contributed by atoms with Crippen molar-refractivity contribution in [1.29, 1.82) is 0 Å². The van der Waals surface area contributed by atoms with Gasteiger partial charge in [0.1, 0.15) is 11.5 Å². The van der Waals surface area contributed by atoms with Crippen molar-refractivity contribution in [3.05, 3.63) is 80.7 Å². The van der Waals surface area contributed by atoms with Gasteiger partial charge < -0.3 is 9.47 Å². The van der Waals surface area contributed by atoms with Crippen molar-refractivity contribution < 1.29 is 9.47 Å². The van der Waals surface area contributed by atoms with Gasteiger partial charge in [0.05, 0.1) is 14.2 Å². The lowest BCUT2D eigenvalue weighted by atomic mass is 9.97. The number of rotatable bonds is 4. The molecule has 0 aliphatic rings. The molecule has 4 rings (SSSR count). The number of methoxy groups -OCH3 is 2. The van der Waals surface area contributed by atoms with Crippen LogP contribution < -0.4 is 9.47 Å². The van der Waals surface area contributed by atoms with Gasteiger partial charge in [-0.1, -0.05) is 80.4 Å². The normalized spacial score (nSPS) is 11.1. The fourth-order valence-electron chi connectivity index (χ4n) is 3.67. The summed E-state index contributed by atoms with van der Waals surface area (Å²) in [4.78, 5) is 0. The summed E-state index contributed by atoms with van der Waals surface area (Å²) in [5.74, 6) is 1.81. The van der Waals surface area contributed by atoms with Crippen molar-refractivity contribution in [2.75, 3.05) is 14.2 Å². The number of fused-ring (bicyclic) bond motifs is 2. The highest BCUT2D eigenvalue weighted by molar-refractivity contribution is 9.11. The van der Waals surface area contributed by atoms with Crippen molar-refractivity contribution in [1.82, 2.24) is 0 Å². The van der Waals surface area contributed by atoms with Gasteiger partial charge in [0.15, 0.2) is 0 Å². The monoisotopic (exact) mass is 484 g/mol. The molecular formula is C23H18Br2O2. The number of hydrogen-bond acceptors (Lipinski definition) is 2. The molecule has 0 radical (unpaired) electrons. The molecule has 0 bridgehead atoms. The first kappa shape index (κ1) is 18.3. The van der Waals surface area contributed by atoms with Crippen LogP contribution in [-0.4, -0.2) is 14.2 Å². The molecule has 0 saturated carbocycles. The van der Waals surface area contributed by atoms with Gasteiger partial charge in [-0.3, -0.25) is 0 Å². The van der Waals surface area contributed by atoms with Crippen LogP contribution in [0.3, 0.4) is 0 Å². The van der Waals surface area contributed by atoms with E-state index in [-0.39, 0.29) is 0 Å². The van der Waals surface area contributed by atoms with E-state index >= 15 is 0 Å². The van der Waals surface area contributed by atoms with Gasteiger partial charge >= 0.3 is 0 Å². The van der Waals surface area contributed by atoms with Crippen LogP contribution >= 0.6 is 31.9 Å². The minimum Gasteiger partial charge on any atom is -0.496 e. The Kier molecular flexibility index (Phi) is 5.11. The molecule has 136 valence electrons. The second-order valence-corrected chi connectivity index (χ2v) is 8.08. The van der Waals surface area contributed by atoms with E-state index in [1.54, 1.807) is 14.2 Å². The first-order valence-electron chi connectivity index (χ1n) is 8.62. The molecule has 0 aromatic heterocycles. The Hall–Kier alpha value is -2.04. The Labute approximate surface area is 175 Å². The largest absolute Gasteiger partial charge is 0.496 e. The predicted octanol–water partition coefficient (Wildman–Crippen LogP) is 7.13. The first-order valence-corrected chi connectivity index (χ1v) is 10.2. The zero-order valence-corrected chi connectivity index (χ0v) is 18.2. The third-order valence-electron chi connectivity index (χ3n) is 4.83. The fourth-order valence-corrected chi connectivity index (χ4v) is 4.91. The Morgan fingerprint density at radius 3 is 1.37 bits per heavy atom. The summed E-state index contributed by atoms with van der Waals surface area (Å²) in [5.41, 5.74) is 2.23. The first-order chi connectivity index (χ1) is 13.1. The maximum Gasteiger partial charge on any atom is 0.130 e. The van der Waals surface area contributed by atoms with Gasteiger partial charge in [0.2, 0.25) is 0 Å². The lowest BCUT2D eigenvalue weighted by Gasteiger charge is -2.17. The van der Waals surface area contributed by atoms with Gasteiger partial charge in [0, 0.05) is 37.3 Å². The topological polar surface area (TPSA) is 18.5 Å². The van der Waals surface area contributed by atoms with Crippen molar-refractivity contribution >= 4 is 53.4 Å². The molecule has 27 heavy (non-hydrogen) atoms. The van der Waals surface area contributed by atoms with E-state index in [1.807, 2.05) is 24.3 Å². The Morgan fingerprint density at radius 1 is 0.630 bits per heavy atom. The van der Waals surface area contributed by atoms with Crippen LogP contribution in [0.1, 0.15) is 11.1 Å². The zero-order chi connectivity index (χ0) is 19.0.